The van der Waals surface area contributed by atoms with Crippen LogP contribution in [0.2, 0.25) is 0 Å². The van der Waals surface area contributed by atoms with Gasteiger partial charge in [0.05, 0.1) is 24.7 Å². The van der Waals surface area contributed by atoms with Crippen LogP contribution in [0.25, 0.3) is 27.3 Å². The molecular formula is C26H27N3O3S. The van der Waals surface area contributed by atoms with Gasteiger partial charge in [0.2, 0.25) is 5.13 Å². The molecule has 0 fully saturated rings. The van der Waals surface area contributed by atoms with E-state index >= 15 is 0 Å². The average molecular weight is 462 g/mol. The second-order valence-corrected chi connectivity index (χ2v) is 9.52. The zero-order chi connectivity index (χ0) is 23.7. The maximum Gasteiger partial charge on any atom is 0.305 e. The summed E-state index contributed by atoms with van der Waals surface area (Å²) in [5.74, 6) is -0.307. The highest BCUT2D eigenvalue weighted by Gasteiger charge is 2.23. The molecule has 0 aliphatic heterocycles. The van der Waals surface area contributed by atoms with E-state index in [1.165, 1.54) is 17.6 Å². The standard InChI is InChI=1S/C26H27N3O3S/c1-15(2)25-23(18-8-6-7-16(3)13-18)27-26(33-25)29-20-10-9-17(4)14-19(20)24(28-29)21(30)11-12-22(31)32-5/h6-10,13-15H,11-12H2,1-5H3. The fraction of sp³-hybridized carbons (Fsp3) is 0.308. The zero-order valence-corrected chi connectivity index (χ0v) is 20.3. The van der Waals surface area contributed by atoms with E-state index in [0.717, 1.165) is 32.9 Å². The number of nitrogens with zero attached hydrogens (tertiary/aromatic N) is 3. The Labute approximate surface area is 197 Å². The number of esters is 1. The molecule has 0 unspecified atom stereocenters. The molecule has 0 spiro atoms. The highest BCUT2D eigenvalue weighted by atomic mass is 32.1. The monoisotopic (exact) mass is 461 g/mol. The van der Waals surface area contributed by atoms with Gasteiger partial charge in [-0.25, -0.2) is 9.67 Å². The van der Waals surface area contributed by atoms with E-state index in [1.807, 2.05) is 31.2 Å². The van der Waals surface area contributed by atoms with Gasteiger partial charge >= 0.3 is 5.97 Å². The molecule has 0 aliphatic carbocycles. The Morgan fingerprint density at radius 1 is 1.06 bits per heavy atom. The largest absolute Gasteiger partial charge is 0.469 e. The number of hydrogen-bond donors (Lipinski definition) is 0. The molecule has 0 saturated carbocycles. The molecular weight excluding hydrogens is 434 g/mol. The van der Waals surface area contributed by atoms with Crippen molar-refractivity contribution in [1.82, 2.24) is 14.8 Å². The topological polar surface area (TPSA) is 74.1 Å². The maximum atomic E-state index is 13.0. The third-order valence-electron chi connectivity index (χ3n) is 5.52. The fourth-order valence-corrected chi connectivity index (χ4v) is 4.88. The number of fused-ring (bicyclic) bond motifs is 1. The Hall–Kier alpha value is -3.32. The molecule has 33 heavy (non-hydrogen) atoms. The Morgan fingerprint density at radius 2 is 1.82 bits per heavy atom. The molecule has 4 aromatic rings. The van der Waals surface area contributed by atoms with Crippen molar-refractivity contribution >= 4 is 34.0 Å². The smallest absolute Gasteiger partial charge is 0.305 e. The van der Waals surface area contributed by atoms with E-state index in [9.17, 15) is 9.59 Å². The minimum Gasteiger partial charge on any atom is -0.469 e. The summed E-state index contributed by atoms with van der Waals surface area (Å²) in [5.41, 5.74) is 5.41. The molecule has 170 valence electrons. The molecule has 0 amide bonds. The lowest BCUT2D eigenvalue weighted by Gasteiger charge is -2.05. The average Bonchev–Trinajstić information content (AvgIpc) is 3.39. The van der Waals surface area contributed by atoms with E-state index in [-0.39, 0.29) is 24.5 Å². The van der Waals surface area contributed by atoms with Crippen LogP contribution in [0, 0.1) is 13.8 Å². The summed E-state index contributed by atoms with van der Waals surface area (Å²) in [6.07, 6.45) is 0.0815. The van der Waals surface area contributed by atoms with Gasteiger partial charge in [-0.1, -0.05) is 60.6 Å². The van der Waals surface area contributed by atoms with Gasteiger partial charge in [0.15, 0.2) is 5.78 Å². The van der Waals surface area contributed by atoms with Crippen molar-refractivity contribution in [3.05, 3.63) is 64.2 Å². The molecule has 0 aliphatic rings. The Kier molecular flexibility index (Phi) is 6.42. The van der Waals surface area contributed by atoms with Crippen LogP contribution in [0.1, 0.15) is 59.1 Å². The molecule has 2 heterocycles. The SMILES string of the molecule is COC(=O)CCC(=O)c1nn(-c2nc(-c3cccc(C)c3)c(C(C)C)s2)c2ccc(C)cc12. The number of methoxy groups -OCH3 is 1. The van der Waals surface area contributed by atoms with Gasteiger partial charge in [-0.2, -0.15) is 5.10 Å². The summed E-state index contributed by atoms with van der Waals surface area (Å²) >= 11 is 1.59. The first-order valence-corrected chi connectivity index (χ1v) is 11.8. The number of aryl methyl sites for hydroxylation is 2. The minimum atomic E-state index is -0.410. The second kappa shape index (κ2) is 9.27. The van der Waals surface area contributed by atoms with Crippen molar-refractivity contribution < 1.29 is 14.3 Å². The summed E-state index contributed by atoms with van der Waals surface area (Å²) in [7, 11) is 1.32. The minimum absolute atomic E-state index is 0.0295. The summed E-state index contributed by atoms with van der Waals surface area (Å²) in [6.45, 7) is 8.36. The number of benzene rings is 2. The lowest BCUT2D eigenvalue weighted by atomic mass is 10.0. The van der Waals surface area contributed by atoms with E-state index in [0.29, 0.717) is 5.69 Å². The van der Waals surface area contributed by atoms with Crippen LogP contribution in [-0.4, -0.2) is 33.6 Å². The van der Waals surface area contributed by atoms with E-state index < -0.39 is 5.97 Å². The van der Waals surface area contributed by atoms with E-state index in [1.54, 1.807) is 16.0 Å². The van der Waals surface area contributed by atoms with Crippen LogP contribution < -0.4 is 0 Å². The highest BCUT2D eigenvalue weighted by molar-refractivity contribution is 7.14. The molecule has 2 aromatic carbocycles. The van der Waals surface area contributed by atoms with Crippen molar-refractivity contribution in [1.29, 1.82) is 0 Å². The van der Waals surface area contributed by atoms with Crippen LogP contribution in [0.15, 0.2) is 42.5 Å². The van der Waals surface area contributed by atoms with Gasteiger partial charge in [0.25, 0.3) is 0 Å². The van der Waals surface area contributed by atoms with Gasteiger partial charge in [-0.3, -0.25) is 9.59 Å². The third kappa shape index (κ3) is 4.59. The predicted molar refractivity (Wildman–Crippen MR) is 131 cm³/mol. The van der Waals surface area contributed by atoms with Crippen LogP contribution >= 0.6 is 11.3 Å². The Balaban J connectivity index is 1.84. The van der Waals surface area contributed by atoms with Crippen molar-refractivity contribution in [3.8, 4) is 16.4 Å². The number of thiazole rings is 1. The number of aromatic nitrogens is 3. The third-order valence-corrected chi connectivity index (χ3v) is 6.85. The molecule has 0 atom stereocenters. The van der Waals surface area contributed by atoms with E-state index in [2.05, 4.69) is 43.7 Å². The maximum absolute atomic E-state index is 13.0. The second-order valence-electron chi connectivity index (χ2n) is 8.51. The van der Waals surface area contributed by atoms with Gasteiger partial charge in [0.1, 0.15) is 5.69 Å². The highest BCUT2D eigenvalue weighted by Crippen LogP contribution is 2.37. The zero-order valence-electron chi connectivity index (χ0n) is 19.5. The van der Waals surface area contributed by atoms with Crippen molar-refractivity contribution in [2.75, 3.05) is 7.11 Å². The van der Waals surface area contributed by atoms with Crippen molar-refractivity contribution in [3.63, 3.8) is 0 Å². The molecule has 0 radical (unpaired) electrons. The molecule has 0 N–H and O–H groups in total. The summed E-state index contributed by atoms with van der Waals surface area (Å²) in [5, 5.41) is 6.18. The predicted octanol–water partition coefficient (Wildman–Crippen LogP) is 6.03. The first kappa shape index (κ1) is 22.9. The van der Waals surface area contributed by atoms with E-state index in [4.69, 9.17) is 10.1 Å². The number of ketones is 1. The number of Topliss-reactive ketones (excluding diaryl/α,β-unsaturated/α-hetero) is 1. The number of ether oxygens (including phenoxy) is 1. The lowest BCUT2D eigenvalue weighted by molar-refractivity contribution is -0.140. The van der Waals surface area contributed by atoms with Crippen LogP contribution in [0.3, 0.4) is 0 Å². The van der Waals surface area contributed by atoms with Crippen LogP contribution in [0.5, 0.6) is 0 Å². The molecule has 0 bridgehead atoms. The molecule has 6 nitrogen and oxygen atoms in total. The van der Waals surface area contributed by atoms with Gasteiger partial charge in [-0.05, 0) is 38.0 Å². The first-order valence-electron chi connectivity index (χ1n) is 11.0. The van der Waals surface area contributed by atoms with Crippen LogP contribution in [0.4, 0.5) is 0 Å². The number of carbonyl (C=O) groups excluding carboxylic acids is 2. The first-order chi connectivity index (χ1) is 15.8. The number of carbonyl (C=O) groups is 2. The van der Waals surface area contributed by atoms with Crippen molar-refractivity contribution in [2.45, 2.75) is 46.5 Å². The lowest BCUT2D eigenvalue weighted by Crippen LogP contribution is -2.07. The number of rotatable bonds is 7. The molecule has 7 heteroatoms. The fourth-order valence-electron chi connectivity index (χ4n) is 3.82. The van der Waals surface area contributed by atoms with Gasteiger partial charge in [0, 0.05) is 22.2 Å². The quantitative estimate of drug-likeness (QED) is 0.248. The molecule has 4 rings (SSSR count). The van der Waals surface area contributed by atoms with Gasteiger partial charge in [-0.15, -0.1) is 0 Å². The molecule has 0 saturated heterocycles. The summed E-state index contributed by atoms with van der Waals surface area (Å²) in [4.78, 5) is 30.7. The van der Waals surface area contributed by atoms with Gasteiger partial charge < -0.3 is 4.74 Å². The van der Waals surface area contributed by atoms with Crippen LogP contribution in [-0.2, 0) is 9.53 Å². The van der Waals surface area contributed by atoms with Crippen molar-refractivity contribution in [2.24, 2.45) is 0 Å². The number of hydrogen-bond acceptors (Lipinski definition) is 6. The summed E-state index contributed by atoms with van der Waals surface area (Å²) in [6, 6.07) is 14.3. The Morgan fingerprint density at radius 3 is 2.52 bits per heavy atom. The molecule has 2 aromatic heterocycles. The normalized spacial score (nSPS) is 11.3. The Bertz CT molecular complexity index is 1350. The summed E-state index contributed by atoms with van der Waals surface area (Å²) < 4.78 is 6.44.